The largest absolute Gasteiger partial charge is 0.878 e. The van der Waals surface area contributed by atoms with E-state index in [0.717, 1.165) is 0 Å². The maximum atomic E-state index is 12.8. The zero-order valence-electron chi connectivity index (χ0n) is 17.6. The third kappa shape index (κ3) is 11.7. The SMILES string of the molecule is FC(F)(F)C([O][Al-]([O]C(C(F)(F)F)C(F)(F)F)([O]C(C(F)(F)F)C(F)(F)F)[O]C(C(F)(F)F)C(F)(F)F)C(F)(F)F. The molecule has 0 aromatic heterocycles. The summed E-state index contributed by atoms with van der Waals surface area (Å²) in [5, 5.41) is 0. The monoisotopic (exact) mass is 695 g/mol. The molecule has 0 rings (SSSR count). The van der Waals surface area contributed by atoms with E-state index < -0.39 is 88.2 Å². The Bertz CT molecular complexity index is 641. The van der Waals surface area contributed by atoms with Gasteiger partial charge < -0.3 is 15.2 Å². The van der Waals surface area contributed by atoms with Crippen molar-refractivity contribution in [3.05, 3.63) is 0 Å². The summed E-state index contributed by atoms with van der Waals surface area (Å²) in [7, 11) is 0. The quantitative estimate of drug-likeness (QED) is 0.195. The molecule has 0 bridgehead atoms. The molecule has 0 aliphatic heterocycles. The van der Waals surface area contributed by atoms with Gasteiger partial charge in [-0.15, -0.1) is 0 Å². The summed E-state index contributed by atoms with van der Waals surface area (Å²) < 4.78 is 317. The lowest BCUT2D eigenvalue weighted by Crippen LogP contribution is -2.68. The van der Waals surface area contributed by atoms with Gasteiger partial charge in [0.15, 0.2) is 24.4 Å². The molecule has 29 heteroatoms. The number of halogens is 24. The predicted molar refractivity (Wildman–Crippen MR) is 73.7 cm³/mol. The molecule has 0 fully saturated rings. The third-order valence-electron chi connectivity index (χ3n) is 3.59. The highest BCUT2D eigenvalue weighted by atomic mass is 27.3. The highest BCUT2D eigenvalue weighted by Crippen LogP contribution is 2.47. The van der Waals surface area contributed by atoms with Crippen LogP contribution in [-0.4, -0.2) is 88.2 Å². The van der Waals surface area contributed by atoms with Crippen molar-refractivity contribution < 1.29 is 121 Å². The Labute approximate surface area is 210 Å². The third-order valence-corrected chi connectivity index (χ3v) is 6.01. The molecular weight excluding hydrogens is 691 g/mol. The second-order valence-corrected chi connectivity index (χ2v) is 9.22. The molecule has 0 aromatic carbocycles. The van der Waals surface area contributed by atoms with Crippen molar-refractivity contribution in [2.45, 2.75) is 73.8 Å². The standard InChI is InChI=1S/4C3HF6O.Al/c4*4-2(5,6)1(10)3(7,8)9;/h4*1H;/q4*-1;+3. The Morgan fingerprint density at radius 1 is 0.244 bits per heavy atom. The number of rotatable bonds is 8. The highest BCUT2D eigenvalue weighted by molar-refractivity contribution is 6.54. The average Bonchev–Trinajstić information content (AvgIpc) is 2.58. The van der Waals surface area contributed by atoms with Crippen molar-refractivity contribution in [3.8, 4) is 0 Å². The second-order valence-electron chi connectivity index (χ2n) is 6.97. The molecule has 0 atom stereocenters. The van der Waals surface area contributed by atoms with Crippen LogP contribution in [0.25, 0.3) is 0 Å². The normalized spacial score (nSPS) is 16.1. The first-order valence-corrected chi connectivity index (χ1v) is 10.6. The summed E-state index contributed by atoms with van der Waals surface area (Å²) in [5.41, 5.74) is 0. The van der Waals surface area contributed by atoms with Gasteiger partial charge in [-0.05, 0) is 0 Å². The Morgan fingerprint density at radius 2 is 0.341 bits per heavy atom. The van der Waals surface area contributed by atoms with E-state index in [1.165, 1.54) is 0 Å². The molecule has 0 aromatic rings. The molecule has 0 heterocycles. The van der Waals surface area contributed by atoms with Crippen LogP contribution in [-0.2, 0) is 15.2 Å². The molecule has 0 amide bonds. The first-order valence-electron chi connectivity index (χ1n) is 8.73. The van der Waals surface area contributed by atoms with Crippen molar-refractivity contribution in [3.63, 3.8) is 0 Å². The van der Waals surface area contributed by atoms with E-state index in [4.69, 9.17) is 0 Å². The molecule has 0 spiro atoms. The minimum Gasteiger partial charge on any atom is -0.571 e. The van der Waals surface area contributed by atoms with E-state index >= 15 is 0 Å². The number of hydrogen-bond acceptors (Lipinski definition) is 4. The van der Waals surface area contributed by atoms with Crippen LogP contribution in [0.3, 0.4) is 0 Å². The van der Waals surface area contributed by atoms with Gasteiger partial charge in [-0.1, -0.05) is 0 Å². The predicted octanol–water partition coefficient (Wildman–Crippen LogP) is 7.46. The van der Waals surface area contributed by atoms with E-state index in [1.807, 2.05) is 0 Å². The fourth-order valence-electron chi connectivity index (χ4n) is 2.22. The molecule has 0 N–H and O–H groups in total. The smallest absolute Gasteiger partial charge is 0.571 e. The lowest BCUT2D eigenvalue weighted by atomic mass is 10.3. The Morgan fingerprint density at radius 3 is 0.415 bits per heavy atom. The van der Waals surface area contributed by atoms with Crippen LogP contribution in [0, 0.1) is 0 Å². The van der Waals surface area contributed by atoms with Crippen molar-refractivity contribution >= 4 is 14.4 Å². The van der Waals surface area contributed by atoms with Crippen molar-refractivity contribution in [1.29, 1.82) is 0 Å². The maximum Gasteiger partial charge on any atom is 0.878 e. The van der Waals surface area contributed by atoms with Crippen LogP contribution in [0.15, 0.2) is 0 Å². The van der Waals surface area contributed by atoms with E-state index in [0.29, 0.717) is 0 Å². The lowest BCUT2D eigenvalue weighted by molar-refractivity contribution is -0.369. The molecule has 0 radical (unpaired) electrons. The minimum atomic E-state index is -10.1. The van der Waals surface area contributed by atoms with Crippen LogP contribution in [0.5, 0.6) is 0 Å². The first kappa shape index (κ1) is 39.7. The van der Waals surface area contributed by atoms with Crippen LogP contribution in [0.4, 0.5) is 105 Å². The van der Waals surface area contributed by atoms with E-state index in [2.05, 4.69) is 15.2 Å². The van der Waals surface area contributed by atoms with Gasteiger partial charge in [-0.3, -0.25) is 0 Å². The van der Waals surface area contributed by atoms with E-state index in [9.17, 15) is 105 Å². The van der Waals surface area contributed by atoms with Gasteiger partial charge in [0.1, 0.15) is 0 Å². The zero-order valence-corrected chi connectivity index (χ0v) is 18.7. The van der Waals surface area contributed by atoms with Crippen LogP contribution >= 0.6 is 0 Å². The summed E-state index contributed by atoms with van der Waals surface area (Å²) in [6, 6.07) is 0. The maximum absolute atomic E-state index is 12.8. The first-order chi connectivity index (χ1) is 17.4. The molecule has 0 saturated heterocycles. The fraction of sp³-hybridized carbons (Fsp3) is 1.00. The molecule has 0 aliphatic rings. The molecule has 0 unspecified atom stereocenters. The van der Waals surface area contributed by atoms with E-state index in [1.54, 1.807) is 0 Å². The topological polar surface area (TPSA) is 36.9 Å². The molecule has 248 valence electrons. The second kappa shape index (κ2) is 11.6. The van der Waals surface area contributed by atoms with Crippen molar-refractivity contribution in [1.82, 2.24) is 0 Å². The van der Waals surface area contributed by atoms with E-state index in [-0.39, 0.29) is 0 Å². The van der Waals surface area contributed by atoms with Gasteiger partial charge >= 0.3 is 63.8 Å². The van der Waals surface area contributed by atoms with Gasteiger partial charge in [-0.25, -0.2) is 0 Å². The van der Waals surface area contributed by atoms with Gasteiger partial charge in [0.2, 0.25) is 0 Å². The summed E-state index contributed by atoms with van der Waals surface area (Å²) in [6.07, 6.45) is -85.3. The average molecular weight is 695 g/mol. The van der Waals surface area contributed by atoms with Gasteiger partial charge in [-0.2, -0.15) is 105 Å². The lowest BCUT2D eigenvalue weighted by Gasteiger charge is -2.47. The summed E-state index contributed by atoms with van der Waals surface area (Å²) >= 11 is -10.1. The molecule has 41 heavy (non-hydrogen) atoms. The van der Waals surface area contributed by atoms with Crippen LogP contribution < -0.4 is 0 Å². The molecule has 4 nitrogen and oxygen atoms in total. The van der Waals surface area contributed by atoms with Gasteiger partial charge in [0.25, 0.3) is 0 Å². The summed E-state index contributed by atoms with van der Waals surface area (Å²) in [5.74, 6) is 0. The minimum absolute atomic E-state index is 2.28. The van der Waals surface area contributed by atoms with Crippen molar-refractivity contribution in [2.75, 3.05) is 0 Å². The van der Waals surface area contributed by atoms with Gasteiger partial charge in [0, 0.05) is 0 Å². The van der Waals surface area contributed by atoms with Crippen LogP contribution in [0.2, 0.25) is 0 Å². The number of alkyl halides is 24. The number of hydrogen-bond donors (Lipinski definition) is 0. The highest BCUT2D eigenvalue weighted by Gasteiger charge is 2.74. The zero-order chi connectivity index (χ0) is 33.6. The van der Waals surface area contributed by atoms with Gasteiger partial charge in [0.05, 0.1) is 0 Å². The summed E-state index contributed by atoms with van der Waals surface area (Å²) in [4.78, 5) is 0. The molecule has 0 aliphatic carbocycles. The Balaban J connectivity index is 7.99. The fourth-order valence-corrected chi connectivity index (χ4v) is 5.17. The van der Waals surface area contributed by atoms with Crippen LogP contribution in [0.1, 0.15) is 0 Å². The summed E-state index contributed by atoms with van der Waals surface area (Å²) in [6.45, 7) is 0. The molecular formula is C12H4AlF24O4-. The van der Waals surface area contributed by atoms with Crippen molar-refractivity contribution in [2.24, 2.45) is 0 Å². The Hall–Kier alpha value is -1.31. The Kier molecular flexibility index (Phi) is 11.3. The molecule has 0 saturated carbocycles.